The number of aryl methyl sites for hydroxylation is 1. The number of hydrogen-bond acceptors (Lipinski definition) is 5. The minimum absolute atomic E-state index is 0. The molecule has 6 nitrogen and oxygen atoms in total. The Hall–Kier alpha value is -1.55. The van der Waals surface area contributed by atoms with Crippen LogP contribution < -0.4 is 20.1 Å². The van der Waals surface area contributed by atoms with E-state index < -0.39 is 0 Å². The van der Waals surface area contributed by atoms with Crippen LogP contribution in [0.25, 0.3) is 0 Å². The molecule has 1 atom stereocenters. The number of halogens is 1. The number of thiazole rings is 1. The number of nitrogens with one attached hydrogen (secondary N) is 2. The summed E-state index contributed by atoms with van der Waals surface area (Å²) < 4.78 is 11.4. The van der Waals surface area contributed by atoms with Gasteiger partial charge < -0.3 is 20.1 Å². The van der Waals surface area contributed by atoms with Crippen molar-refractivity contribution in [3.05, 3.63) is 39.8 Å². The van der Waals surface area contributed by atoms with E-state index in [2.05, 4.69) is 40.5 Å². The van der Waals surface area contributed by atoms with E-state index in [9.17, 15) is 0 Å². The number of guanidine groups is 1. The Morgan fingerprint density at radius 3 is 2.54 bits per heavy atom. The van der Waals surface area contributed by atoms with Crippen molar-refractivity contribution in [2.24, 2.45) is 4.99 Å². The maximum Gasteiger partial charge on any atom is 0.191 e. The van der Waals surface area contributed by atoms with Gasteiger partial charge in [-0.1, -0.05) is 6.07 Å². The van der Waals surface area contributed by atoms with Crippen molar-refractivity contribution >= 4 is 41.3 Å². The van der Waals surface area contributed by atoms with E-state index in [1.54, 1.807) is 18.4 Å². The average molecular weight is 518 g/mol. The Labute approximate surface area is 189 Å². The minimum Gasteiger partial charge on any atom is -0.490 e. The fourth-order valence-electron chi connectivity index (χ4n) is 2.62. The molecule has 2 aromatic rings. The lowest BCUT2D eigenvalue weighted by Crippen LogP contribution is -2.39. The molecule has 0 spiro atoms. The number of aliphatic imine (C=N–C) groups is 1. The van der Waals surface area contributed by atoms with Crippen molar-refractivity contribution in [3.8, 4) is 11.5 Å². The molecular formula is C20H31IN4O2S. The normalized spacial score (nSPS) is 12.1. The SMILES string of the molecule is CCOc1ccc(C(C)NC(=NC)NCCc2ncc(C)s2)cc1OCC.I. The number of ether oxygens (including phenoxy) is 2. The number of rotatable bonds is 9. The predicted octanol–water partition coefficient (Wildman–Crippen LogP) is 4.34. The largest absolute Gasteiger partial charge is 0.490 e. The first-order valence-electron chi connectivity index (χ1n) is 9.35. The smallest absolute Gasteiger partial charge is 0.191 e. The first-order chi connectivity index (χ1) is 13.1. The Kier molecular flexibility index (Phi) is 11.2. The molecule has 0 radical (unpaired) electrons. The van der Waals surface area contributed by atoms with Gasteiger partial charge >= 0.3 is 0 Å². The van der Waals surface area contributed by atoms with Gasteiger partial charge in [0.1, 0.15) is 0 Å². The summed E-state index contributed by atoms with van der Waals surface area (Å²) in [6.45, 7) is 10.1. The second-order valence-electron chi connectivity index (χ2n) is 6.05. The number of nitrogens with zero attached hydrogens (tertiary/aromatic N) is 2. The summed E-state index contributed by atoms with van der Waals surface area (Å²) in [4.78, 5) is 9.94. The lowest BCUT2D eigenvalue weighted by molar-refractivity contribution is 0.287. The van der Waals surface area contributed by atoms with E-state index in [-0.39, 0.29) is 30.0 Å². The summed E-state index contributed by atoms with van der Waals surface area (Å²) >= 11 is 1.73. The van der Waals surface area contributed by atoms with Crippen molar-refractivity contribution in [1.82, 2.24) is 15.6 Å². The fraction of sp³-hybridized carbons (Fsp3) is 0.500. The van der Waals surface area contributed by atoms with Crippen LogP contribution in [-0.2, 0) is 6.42 Å². The Bertz CT molecular complexity index is 752. The maximum absolute atomic E-state index is 5.72. The molecule has 156 valence electrons. The second kappa shape index (κ2) is 12.8. The summed E-state index contributed by atoms with van der Waals surface area (Å²) in [5, 5.41) is 7.91. The van der Waals surface area contributed by atoms with Crippen LogP contribution in [0.15, 0.2) is 29.4 Å². The van der Waals surface area contributed by atoms with Gasteiger partial charge in [-0.25, -0.2) is 4.98 Å². The standard InChI is InChI=1S/C20H30N4O2S.HI/c1-6-25-17-9-8-16(12-18(17)26-7-2)15(4)24-20(21-5)22-11-10-19-23-13-14(3)27-19;/h8-9,12-13,15H,6-7,10-11H2,1-5H3,(H2,21,22,24);1H. The predicted molar refractivity (Wildman–Crippen MR) is 128 cm³/mol. The summed E-state index contributed by atoms with van der Waals surface area (Å²) in [6, 6.07) is 6.12. The van der Waals surface area contributed by atoms with Crippen LogP contribution in [-0.4, -0.2) is 37.7 Å². The quantitative estimate of drug-likeness (QED) is 0.294. The van der Waals surface area contributed by atoms with Crippen molar-refractivity contribution in [3.63, 3.8) is 0 Å². The molecule has 0 bridgehead atoms. The fourth-order valence-corrected chi connectivity index (χ4v) is 3.41. The monoisotopic (exact) mass is 518 g/mol. The number of benzene rings is 1. The molecule has 0 aliphatic heterocycles. The lowest BCUT2D eigenvalue weighted by atomic mass is 10.1. The molecule has 0 aliphatic carbocycles. The van der Waals surface area contributed by atoms with Gasteiger partial charge in [0, 0.05) is 31.1 Å². The average Bonchev–Trinajstić information content (AvgIpc) is 3.07. The lowest BCUT2D eigenvalue weighted by Gasteiger charge is -2.20. The summed E-state index contributed by atoms with van der Waals surface area (Å²) in [5.41, 5.74) is 1.11. The summed E-state index contributed by atoms with van der Waals surface area (Å²) in [6.07, 6.45) is 2.79. The highest BCUT2D eigenvalue weighted by molar-refractivity contribution is 14.0. The Morgan fingerprint density at radius 2 is 1.93 bits per heavy atom. The zero-order valence-electron chi connectivity index (χ0n) is 17.2. The van der Waals surface area contributed by atoms with Gasteiger partial charge in [-0.2, -0.15) is 0 Å². The molecular weight excluding hydrogens is 487 g/mol. The van der Waals surface area contributed by atoms with E-state index >= 15 is 0 Å². The van der Waals surface area contributed by atoms with E-state index in [4.69, 9.17) is 9.47 Å². The third-order valence-electron chi connectivity index (χ3n) is 3.94. The van der Waals surface area contributed by atoms with Gasteiger partial charge in [0.15, 0.2) is 17.5 Å². The minimum atomic E-state index is 0. The van der Waals surface area contributed by atoms with Crippen LogP contribution in [0.5, 0.6) is 11.5 Å². The zero-order valence-corrected chi connectivity index (χ0v) is 20.4. The van der Waals surface area contributed by atoms with E-state index in [1.165, 1.54) is 4.88 Å². The topological polar surface area (TPSA) is 67.8 Å². The molecule has 0 saturated carbocycles. The van der Waals surface area contributed by atoms with Gasteiger partial charge in [-0.05, 0) is 45.4 Å². The molecule has 1 aromatic heterocycles. The van der Waals surface area contributed by atoms with Gasteiger partial charge in [0.05, 0.1) is 24.3 Å². The Balaban J connectivity index is 0.00000392. The molecule has 0 amide bonds. The van der Waals surface area contributed by atoms with Crippen LogP contribution >= 0.6 is 35.3 Å². The number of aromatic nitrogens is 1. The third-order valence-corrected chi connectivity index (χ3v) is 4.92. The van der Waals surface area contributed by atoms with Crippen molar-refractivity contribution in [2.75, 3.05) is 26.8 Å². The molecule has 0 aliphatic rings. The van der Waals surface area contributed by atoms with Crippen LogP contribution in [0.1, 0.15) is 42.3 Å². The second-order valence-corrected chi connectivity index (χ2v) is 7.37. The van der Waals surface area contributed by atoms with Gasteiger partial charge in [0.25, 0.3) is 0 Å². The van der Waals surface area contributed by atoms with Crippen LogP contribution in [0.4, 0.5) is 0 Å². The first kappa shape index (κ1) is 24.5. The van der Waals surface area contributed by atoms with Gasteiger partial charge in [-0.15, -0.1) is 35.3 Å². The van der Waals surface area contributed by atoms with Crippen molar-refractivity contribution in [2.45, 2.75) is 40.2 Å². The summed E-state index contributed by atoms with van der Waals surface area (Å²) in [5.74, 6) is 2.31. The highest BCUT2D eigenvalue weighted by Gasteiger charge is 2.12. The molecule has 8 heteroatoms. The Morgan fingerprint density at radius 1 is 1.21 bits per heavy atom. The van der Waals surface area contributed by atoms with Crippen molar-refractivity contribution < 1.29 is 9.47 Å². The first-order valence-corrected chi connectivity index (χ1v) is 10.2. The highest BCUT2D eigenvalue weighted by Crippen LogP contribution is 2.30. The van der Waals surface area contributed by atoms with Gasteiger partial charge in [-0.3, -0.25) is 4.99 Å². The molecule has 1 unspecified atom stereocenters. The third kappa shape index (κ3) is 7.46. The van der Waals surface area contributed by atoms with E-state index in [0.717, 1.165) is 41.0 Å². The highest BCUT2D eigenvalue weighted by atomic mass is 127. The molecule has 1 aromatic carbocycles. The molecule has 2 N–H and O–H groups in total. The van der Waals surface area contributed by atoms with Crippen molar-refractivity contribution in [1.29, 1.82) is 0 Å². The molecule has 1 heterocycles. The number of hydrogen-bond donors (Lipinski definition) is 2. The summed E-state index contributed by atoms with van der Waals surface area (Å²) in [7, 11) is 1.78. The van der Waals surface area contributed by atoms with Crippen LogP contribution in [0.2, 0.25) is 0 Å². The van der Waals surface area contributed by atoms with Gasteiger partial charge in [0.2, 0.25) is 0 Å². The molecule has 28 heavy (non-hydrogen) atoms. The van der Waals surface area contributed by atoms with Crippen LogP contribution in [0, 0.1) is 6.92 Å². The van der Waals surface area contributed by atoms with E-state index in [1.807, 2.05) is 32.2 Å². The van der Waals surface area contributed by atoms with Crippen LogP contribution in [0.3, 0.4) is 0 Å². The maximum atomic E-state index is 5.72. The molecule has 0 fully saturated rings. The van der Waals surface area contributed by atoms with E-state index in [0.29, 0.717) is 13.2 Å². The zero-order chi connectivity index (χ0) is 19.6. The molecule has 2 rings (SSSR count). The molecule has 0 saturated heterocycles.